The van der Waals surface area contributed by atoms with Crippen molar-refractivity contribution >= 4 is 11.9 Å². The van der Waals surface area contributed by atoms with Gasteiger partial charge in [0.15, 0.2) is 0 Å². The van der Waals surface area contributed by atoms with Crippen LogP contribution in [0.15, 0.2) is 25.3 Å². The van der Waals surface area contributed by atoms with Crippen LogP contribution in [0.1, 0.15) is 65.7 Å². The topological polar surface area (TPSA) is 52.6 Å². The van der Waals surface area contributed by atoms with Crippen LogP contribution in [0.25, 0.3) is 0 Å². The Balaban J connectivity index is 5.28. The molecule has 1 unspecified atom stereocenters. The van der Waals surface area contributed by atoms with Crippen molar-refractivity contribution in [2.75, 3.05) is 0 Å². The third-order valence-corrected chi connectivity index (χ3v) is 3.68. The molecule has 0 heterocycles. The molecule has 126 valence electrons. The minimum absolute atomic E-state index is 0.335. The molecule has 0 aliphatic heterocycles. The van der Waals surface area contributed by atoms with Gasteiger partial charge in [-0.3, -0.25) is 0 Å². The van der Waals surface area contributed by atoms with Crippen LogP contribution in [0, 0.1) is 5.92 Å². The highest BCUT2D eigenvalue weighted by Crippen LogP contribution is 2.32. The molecule has 0 spiro atoms. The number of carbonyl (C=O) groups is 2. The molecule has 1 atom stereocenters. The third-order valence-electron chi connectivity index (χ3n) is 3.68. The normalized spacial score (nSPS) is 12.3. The summed E-state index contributed by atoms with van der Waals surface area (Å²) in [5.41, 5.74) is 0. The molecule has 4 heteroatoms. The van der Waals surface area contributed by atoms with Crippen LogP contribution in [-0.2, 0) is 19.1 Å². The smallest absolute Gasteiger partial charge is 0.333 e. The van der Waals surface area contributed by atoms with Gasteiger partial charge < -0.3 is 9.47 Å². The summed E-state index contributed by atoms with van der Waals surface area (Å²) in [6, 6.07) is 0. The van der Waals surface area contributed by atoms with Gasteiger partial charge in [0.05, 0.1) is 0 Å². The molecule has 0 aliphatic rings. The van der Waals surface area contributed by atoms with E-state index in [0.717, 1.165) is 44.3 Å². The van der Waals surface area contributed by atoms with Gasteiger partial charge in [0, 0.05) is 25.0 Å². The Kier molecular flexibility index (Phi) is 10.3. The van der Waals surface area contributed by atoms with Gasteiger partial charge in [0.1, 0.15) is 0 Å². The molecule has 0 aromatic carbocycles. The van der Waals surface area contributed by atoms with Gasteiger partial charge in [-0.05, 0) is 12.3 Å². The number of carbonyl (C=O) groups excluding carboxylic acids is 2. The maximum atomic E-state index is 11.7. The second kappa shape index (κ2) is 11.0. The van der Waals surface area contributed by atoms with E-state index in [1.165, 1.54) is 0 Å². The number of unbranched alkanes of at least 4 members (excludes halogenated alkanes) is 1. The van der Waals surface area contributed by atoms with E-state index in [0.29, 0.717) is 18.8 Å². The van der Waals surface area contributed by atoms with Gasteiger partial charge in [0.2, 0.25) is 0 Å². The van der Waals surface area contributed by atoms with Crippen LogP contribution in [0.2, 0.25) is 0 Å². The predicted molar refractivity (Wildman–Crippen MR) is 88.1 cm³/mol. The summed E-state index contributed by atoms with van der Waals surface area (Å²) >= 11 is 0. The minimum Gasteiger partial charge on any atom is -0.419 e. The van der Waals surface area contributed by atoms with Gasteiger partial charge in [-0.15, -0.1) is 0 Å². The van der Waals surface area contributed by atoms with E-state index in [-0.39, 0.29) is 0 Å². The largest absolute Gasteiger partial charge is 0.419 e. The van der Waals surface area contributed by atoms with Crippen molar-refractivity contribution in [1.29, 1.82) is 0 Å². The summed E-state index contributed by atoms with van der Waals surface area (Å²) in [5.74, 6) is -2.03. The number of esters is 2. The maximum Gasteiger partial charge on any atom is 0.333 e. The molecule has 22 heavy (non-hydrogen) atoms. The second-order valence-corrected chi connectivity index (χ2v) is 5.53. The minimum atomic E-state index is -1.22. The van der Waals surface area contributed by atoms with Crippen LogP contribution >= 0.6 is 0 Å². The lowest BCUT2D eigenvalue weighted by Gasteiger charge is -2.34. The monoisotopic (exact) mass is 310 g/mol. The Labute approximate surface area is 134 Å². The third kappa shape index (κ3) is 7.43. The van der Waals surface area contributed by atoms with E-state index in [4.69, 9.17) is 9.47 Å². The van der Waals surface area contributed by atoms with Gasteiger partial charge in [0.25, 0.3) is 5.79 Å². The average molecular weight is 310 g/mol. The Morgan fingerprint density at radius 2 is 1.59 bits per heavy atom. The van der Waals surface area contributed by atoms with Crippen molar-refractivity contribution in [2.45, 2.75) is 71.5 Å². The molecular weight excluding hydrogens is 280 g/mol. The SMILES string of the molecule is C=CC(=O)OC(CCC)(CC(CC)CCCC)OC(=O)C=C. The number of ether oxygens (including phenoxy) is 2. The summed E-state index contributed by atoms with van der Waals surface area (Å²) in [6.07, 6.45) is 8.09. The molecule has 0 saturated carbocycles. The number of rotatable bonds is 12. The lowest BCUT2D eigenvalue weighted by molar-refractivity contribution is -0.231. The van der Waals surface area contributed by atoms with E-state index >= 15 is 0 Å². The van der Waals surface area contributed by atoms with Crippen molar-refractivity contribution in [2.24, 2.45) is 5.92 Å². The Bertz CT molecular complexity index is 351. The second-order valence-electron chi connectivity index (χ2n) is 5.53. The van der Waals surface area contributed by atoms with Crippen LogP contribution in [-0.4, -0.2) is 17.7 Å². The summed E-state index contributed by atoms with van der Waals surface area (Å²) in [6.45, 7) is 13.0. The highest BCUT2D eigenvalue weighted by atomic mass is 16.7. The van der Waals surface area contributed by atoms with Crippen molar-refractivity contribution in [3.05, 3.63) is 25.3 Å². The van der Waals surface area contributed by atoms with Crippen LogP contribution in [0.4, 0.5) is 0 Å². The first kappa shape index (κ1) is 20.4. The summed E-state index contributed by atoms with van der Waals surface area (Å²) in [5, 5.41) is 0. The lowest BCUT2D eigenvalue weighted by atomic mass is 9.89. The Hall–Kier alpha value is -1.58. The molecule has 4 nitrogen and oxygen atoms in total. The molecule has 0 fully saturated rings. The molecule has 0 amide bonds. The number of hydrogen-bond donors (Lipinski definition) is 0. The fourth-order valence-electron chi connectivity index (χ4n) is 2.52. The molecule has 0 aromatic rings. The molecule has 0 bridgehead atoms. The predicted octanol–water partition coefficient (Wildman–Crippen LogP) is 4.55. The van der Waals surface area contributed by atoms with Gasteiger partial charge in [-0.1, -0.05) is 59.6 Å². The van der Waals surface area contributed by atoms with E-state index in [2.05, 4.69) is 27.0 Å². The van der Waals surface area contributed by atoms with Crippen molar-refractivity contribution in [3.8, 4) is 0 Å². The first-order valence-electron chi connectivity index (χ1n) is 8.17. The van der Waals surface area contributed by atoms with Gasteiger partial charge in [-0.25, -0.2) is 9.59 Å². The van der Waals surface area contributed by atoms with Crippen LogP contribution in [0.5, 0.6) is 0 Å². The van der Waals surface area contributed by atoms with Crippen LogP contribution in [0.3, 0.4) is 0 Å². The average Bonchev–Trinajstić information content (AvgIpc) is 2.51. The highest BCUT2D eigenvalue weighted by Gasteiger charge is 2.38. The fraction of sp³-hybridized carbons (Fsp3) is 0.667. The maximum absolute atomic E-state index is 11.7. The van der Waals surface area contributed by atoms with E-state index < -0.39 is 17.7 Å². The van der Waals surface area contributed by atoms with Gasteiger partial charge in [-0.2, -0.15) is 0 Å². The quantitative estimate of drug-likeness (QED) is 0.301. The summed E-state index contributed by atoms with van der Waals surface area (Å²) < 4.78 is 10.9. The molecule has 0 rings (SSSR count). The van der Waals surface area contributed by atoms with E-state index in [1.54, 1.807) is 0 Å². The molecule has 0 N–H and O–H groups in total. The zero-order chi connectivity index (χ0) is 17.0. The molecule has 0 radical (unpaired) electrons. The first-order valence-corrected chi connectivity index (χ1v) is 8.17. The fourth-order valence-corrected chi connectivity index (χ4v) is 2.52. The van der Waals surface area contributed by atoms with Gasteiger partial charge >= 0.3 is 11.9 Å². The van der Waals surface area contributed by atoms with Crippen molar-refractivity contribution in [3.63, 3.8) is 0 Å². The number of hydrogen-bond acceptors (Lipinski definition) is 4. The van der Waals surface area contributed by atoms with Crippen molar-refractivity contribution in [1.82, 2.24) is 0 Å². The first-order chi connectivity index (χ1) is 10.5. The molecular formula is C18H30O4. The van der Waals surface area contributed by atoms with Crippen molar-refractivity contribution < 1.29 is 19.1 Å². The van der Waals surface area contributed by atoms with E-state index in [9.17, 15) is 9.59 Å². The molecule has 0 aliphatic carbocycles. The lowest BCUT2D eigenvalue weighted by Crippen LogP contribution is -2.41. The highest BCUT2D eigenvalue weighted by molar-refractivity contribution is 5.83. The zero-order valence-electron chi connectivity index (χ0n) is 14.2. The Morgan fingerprint density at radius 3 is 1.95 bits per heavy atom. The molecule has 0 saturated heterocycles. The Morgan fingerprint density at radius 1 is 1.05 bits per heavy atom. The van der Waals surface area contributed by atoms with Crippen LogP contribution < -0.4 is 0 Å². The van der Waals surface area contributed by atoms with E-state index in [1.807, 2.05) is 6.92 Å². The summed E-state index contributed by atoms with van der Waals surface area (Å²) in [7, 11) is 0. The molecule has 0 aromatic heterocycles. The standard InChI is InChI=1S/C18H30O4/c1-6-11-12-15(8-3)14-18(13-7-2,21-16(19)9-4)22-17(20)10-5/h9-10,15H,4-8,11-14H2,1-3H3. The zero-order valence-corrected chi connectivity index (χ0v) is 14.2. The summed E-state index contributed by atoms with van der Waals surface area (Å²) in [4.78, 5) is 23.4.